The van der Waals surface area contributed by atoms with Crippen LogP contribution in [-0.2, 0) is 0 Å². The molecule has 0 spiro atoms. The molecule has 4 N–H and O–H groups in total. The van der Waals surface area contributed by atoms with Gasteiger partial charge in [0.15, 0.2) is 5.96 Å². The van der Waals surface area contributed by atoms with Crippen LogP contribution in [0.1, 0.15) is 51.4 Å². The minimum atomic E-state index is 0. The highest BCUT2D eigenvalue weighted by Gasteiger charge is 2.15. The number of rotatable bonds is 1. The van der Waals surface area contributed by atoms with Gasteiger partial charge < -0.3 is 16.4 Å². The number of hydrogen-bond donors (Lipinski definition) is 2. The highest BCUT2D eigenvalue weighted by molar-refractivity contribution is 5.93. The van der Waals surface area contributed by atoms with Crippen molar-refractivity contribution in [1.29, 1.82) is 0 Å². The Hall–Kier alpha value is -0.970. The van der Waals surface area contributed by atoms with Gasteiger partial charge in [-0.1, -0.05) is 25.7 Å². The van der Waals surface area contributed by atoms with Crippen LogP contribution in [0.2, 0.25) is 0 Å². The number of aliphatic imine (C=N–C) groups is 2. The fraction of sp³-hybridized carbons (Fsp3) is 0.846. The van der Waals surface area contributed by atoms with E-state index in [0.29, 0.717) is 18.0 Å². The smallest absolute Gasteiger partial charge is 0.218 e. The zero-order valence-corrected chi connectivity index (χ0v) is 12.4. The summed E-state index contributed by atoms with van der Waals surface area (Å²) in [6.07, 6.45) is 9.75. The van der Waals surface area contributed by atoms with Crippen molar-refractivity contribution in [2.45, 2.75) is 57.4 Å². The highest BCUT2D eigenvalue weighted by atomic mass is 35.5. The summed E-state index contributed by atoms with van der Waals surface area (Å²) in [6.45, 7) is 1.98. The molecule has 1 heterocycles. The van der Waals surface area contributed by atoms with Crippen molar-refractivity contribution in [2.75, 3.05) is 13.1 Å². The molecule has 2 fully saturated rings. The summed E-state index contributed by atoms with van der Waals surface area (Å²) in [6, 6.07) is 0.366. The molecule has 110 valence electrons. The van der Waals surface area contributed by atoms with Gasteiger partial charge in [-0.3, -0.25) is 0 Å². The lowest BCUT2D eigenvalue weighted by Gasteiger charge is -2.20. The lowest BCUT2D eigenvalue weighted by molar-refractivity contribution is 0.431. The Morgan fingerprint density at radius 1 is 0.895 bits per heavy atom. The van der Waals surface area contributed by atoms with Crippen LogP contribution in [0.3, 0.4) is 0 Å². The number of likely N-dealkylation sites (tertiary alicyclic amines) is 1. The van der Waals surface area contributed by atoms with Gasteiger partial charge >= 0.3 is 0 Å². The number of hydrogen-bond acceptors (Lipinski definition) is 1. The van der Waals surface area contributed by atoms with E-state index in [1.807, 2.05) is 0 Å². The van der Waals surface area contributed by atoms with Gasteiger partial charge in [-0.05, 0) is 25.7 Å². The van der Waals surface area contributed by atoms with E-state index in [9.17, 15) is 0 Å². The van der Waals surface area contributed by atoms with Crippen molar-refractivity contribution in [3.63, 3.8) is 0 Å². The molecule has 5 nitrogen and oxygen atoms in total. The van der Waals surface area contributed by atoms with Gasteiger partial charge in [0.1, 0.15) is 0 Å². The summed E-state index contributed by atoms with van der Waals surface area (Å²) in [4.78, 5) is 10.8. The van der Waals surface area contributed by atoms with Crippen LogP contribution < -0.4 is 11.5 Å². The van der Waals surface area contributed by atoms with E-state index in [2.05, 4.69) is 14.9 Å². The summed E-state index contributed by atoms with van der Waals surface area (Å²) in [5, 5.41) is 0. The Balaban J connectivity index is 0.00000180. The molecule has 0 aromatic heterocycles. The summed E-state index contributed by atoms with van der Waals surface area (Å²) in [7, 11) is 0. The van der Waals surface area contributed by atoms with E-state index in [1.54, 1.807) is 0 Å². The van der Waals surface area contributed by atoms with Gasteiger partial charge in [0.2, 0.25) is 5.96 Å². The summed E-state index contributed by atoms with van der Waals surface area (Å²) >= 11 is 0. The maximum Gasteiger partial charge on any atom is 0.218 e. The summed E-state index contributed by atoms with van der Waals surface area (Å²) in [5.74, 6) is 0.889. The van der Waals surface area contributed by atoms with E-state index in [4.69, 9.17) is 11.5 Å². The predicted octanol–water partition coefficient (Wildman–Crippen LogP) is 1.86. The van der Waals surface area contributed by atoms with Crippen molar-refractivity contribution in [3.8, 4) is 0 Å². The van der Waals surface area contributed by atoms with Gasteiger partial charge in [-0.2, -0.15) is 4.99 Å². The number of guanidine groups is 2. The largest absolute Gasteiger partial charge is 0.369 e. The third kappa shape index (κ3) is 5.27. The molecule has 1 saturated carbocycles. The Kier molecular flexibility index (Phi) is 6.99. The molecule has 2 aliphatic rings. The summed E-state index contributed by atoms with van der Waals surface area (Å²) < 4.78 is 0. The third-order valence-electron chi connectivity index (χ3n) is 3.80. The quantitative estimate of drug-likeness (QED) is 0.570. The van der Waals surface area contributed by atoms with E-state index < -0.39 is 0 Å². The van der Waals surface area contributed by atoms with E-state index in [1.165, 1.54) is 38.5 Å². The normalized spacial score (nSPS) is 23.1. The zero-order valence-electron chi connectivity index (χ0n) is 11.6. The van der Waals surface area contributed by atoms with E-state index >= 15 is 0 Å². The first kappa shape index (κ1) is 16.1. The molecule has 6 heteroatoms. The second kappa shape index (κ2) is 8.25. The second-order valence-corrected chi connectivity index (χ2v) is 5.30. The van der Waals surface area contributed by atoms with Crippen LogP contribution in [-0.4, -0.2) is 36.0 Å². The molecular formula is C13H26ClN5. The maximum absolute atomic E-state index is 6.01. The Bertz CT molecular complexity index is 315. The Labute approximate surface area is 121 Å². The molecule has 0 unspecified atom stereocenters. The summed E-state index contributed by atoms with van der Waals surface area (Å²) in [5.41, 5.74) is 11.9. The predicted molar refractivity (Wildman–Crippen MR) is 82.8 cm³/mol. The van der Waals surface area contributed by atoms with Crippen molar-refractivity contribution in [3.05, 3.63) is 0 Å². The van der Waals surface area contributed by atoms with Gasteiger partial charge in [-0.15, -0.1) is 12.4 Å². The average Bonchev–Trinajstić information content (AvgIpc) is 2.68. The van der Waals surface area contributed by atoms with Gasteiger partial charge in [0, 0.05) is 13.1 Å². The molecule has 1 aliphatic heterocycles. The molecule has 1 saturated heterocycles. The SMILES string of the molecule is Cl.NC(=NC1CCCC1)N=C(N)N1CCCCCC1. The van der Waals surface area contributed by atoms with E-state index in [-0.39, 0.29) is 12.4 Å². The first-order chi connectivity index (χ1) is 8.75. The minimum Gasteiger partial charge on any atom is -0.369 e. The molecule has 0 amide bonds. The molecule has 2 rings (SSSR count). The van der Waals surface area contributed by atoms with Crippen molar-refractivity contribution >= 4 is 24.3 Å². The third-order valence-corrected chi connectivity index (χ3v) is 3.80. The fourth-order valence-electron chi connectivity index (χ4n) is 2.74. The Morgan fingerprint density at radius 2 is 1.47 bits per heavy atom. The molecule has 0 bridgehead atoms. The maximum atomic E-state index is 6.01. The molecule has 0 aromatic carbocycles. The fourth-order valence-corrected chi connectivity index (χ4v) is 2.74. The highest BCUT2D eigenvalue weighted by Crippen LogP contribution is 2.20. The second-order valence-electron chi connectivity index (χ2n) is 5.30. The van der Waals surface area contributed by atoms with E-state index in [0.717, 1.165) is 25.9 Å². The first-order valence-corrected chi connectivity index (χ1v) is 7.18. The average molecular weight is 288 g/mol. The van der Waals surface area contributed by atoms with Crippen molar-refractivity contribution in [1.82, 2.24) is 4.90 Å². The molecule has 19 heavy (non-hydrogen) atoms. The molecule has 1 aliphatic carbocycles. The first-order valence-electron chi connectivity index (χ1n) is 7.18. The number of nitrogens with zero attached hydrogens (tertiary/aromatic N) is 3. The van der Waals surface area contributed by atoms with Crippen LogP contribution in [0, 0.1) is 0 Å². The molecule has 0 radical (unpaired) electrons. The van der Waals surface area contributed by atoms with Crippen LogP contribution in [0.5, 0.6) is 0 Å². The van der Waals surface area contributed by atoms with Crippen LogP contribution >= 0.6 is 12.4 Å². The van der Waals surface area contributed by atoms with Crippen molar-refractivity contribution in [2.24, 2.45) is 21.5 Å². The van der Waals surface area contributed by atoms with Gasteiger partial charge in [-0.25, -0.2) is 4.99 Å². The van der Waals surface area contributed by atoms with Crippen LogP contribution in [0.15, 0.2) is 9.98 Å². The van der Waals surface area contributed by atoms with Gasteiger partial charge in [0.25, 0.3) is 0 Å². The van der Waals surface area contributed by atoms with Crippen LogP contribution in [0.4, 0.5) is 0 Å². The molecule has 0 atom stereocenters. The lowest BCUT2D eigenvalue weighted by Crippen LogP contribution is -2.39. The van der Waals surface area contributed by atoms with Gasteiger partial charge in [0.05, 0.1) is 6.04 Å². The lowest BCUT2D eigenvalue weighted by atomic mass is 10.2. The number of halogens is 1. The Morgan fingerprint density at radius 3 is 2.05 bits per heavy atom. The minimum absolute atomic E-state index is 0. The topological polar surface area (TPSA) is 80.0 Å². The monoisotopic (exact) mass is 287 g/mol. The van der Waals surface area contributed by atoms with Crippen LogP contribution in [0.25, 0.3) is 0 Å². The standard InChI is InChI=1S/C13H25N5.ClH/c14-12(16-11-7-3-4-8-11)17-13(15)18-9-5-1-2-6-10-18;/h11H,1-10H2,(H4,14,15,16,17);1H. The molecular weight excluding hydrogens is 262 g/mol. The zero-order chi connectivity index (χ0) is 12.8. The number of nitrogens with two attached hydrogens (primary N) is 2. The molecule has 0 aromatic rings. The van der Waals surface area contributed by atoms with Crippen molar-refractivity contribution < 1.29 is 0 Å².